The lowest BCUT2D eigenvalue weighted by Crippen LogP contribution is -1.80. The first kappa shape index (κ1) is 10.9. The molecule has 0 unspecified atom stereocenters. The second-order valence-electron chi connectivity index (χ2n) is 1.75. The van der Waals surface area contributed by atoms with Crippen molar-refractivity contribution in [3.63, 3.8) is 0 Å². The van der Waals surface area contributed by atoms with Crippen molar-refractivity contribution >= 4 is 10.5 Å². The average molecular weight is 194 g/mol. The fourth-order valence-electron chi connectivity index (χ4n) is 0.428. The molecular weight excluding hydrogens is 187 g/mol. The molecule has 0 aliphatic heterocycles. The summed E-state index contributed by atoms with van der Waals surface area (Å²) in [6, 6.07) is 8.71. The van der Waals surface area contributed by atoms with E-state index in [2.05, 4.69) is 0 Å². The van der Waals surface area contributed by atoms with E-state index in [1.165, 1.54) is 0 Å². The largest absolute Gasteiger partial charge is 0.508 e. The monoisotopic (exact) mass is 194 g/mol. The molecule has 68 valence electrons. The van der Waals surface area contributed by atoms with Gasteiger partial charge in [-0.25, -0.2) is 0 Å². The summed E-state index contributed by atoms with van der Waals surface area (Å²) in [7, 11) is -5.17. The summed E-state index contributed by atoms with van der Waals surface area (Å²) in [5.41, 5.74) is 0. The quantitative estimate of drug-likeness (QED) is 0.480. The Hall–Kier alpha value is -1.14. The highest BCUT2D eigenvalue weighted by Crippen LogP contribution is 2.02. The SMILES string of the molecule is O=S(=O)(O)F.Oc1ccccc1. The van der Waals surface area contributed by atoms with Crippen LogP contribution in [0.4, 0.5) is 3.89 Å². The molecule has 0 aliphatic rings. The van der Waals surface area contributed by atoms with Gasteiger partial charge in [-0.1, -0.05) is 22.1 Å². The van der Waals surface area contributed by atoms with E-state index in [4.69, 9.17) is 18.1 Å². The Labute approximate surface area is 69.3 Å². The van der Waals surface area contributed by atoms with Crippen molar-refractivity contribution in [2.75, 3.05) is 0 Å². The van der Waals surface area contributed by atoms with E-state index < -0.39 is 10.5 Å². The molecule has 0 saturated carbocycles. The summed E-state index contributed by atoms with van der Waals surface area (Å²) in [5.74, 6) is 0.322. The van der Waals surface area contributed by atoms with Gasteiger partial charge in [0.05, 0.1) is 0 Å². The van der Waals surface area contributed by atoms with Crippen molar-refractivity contribution in [2.24, 2.45) is 0 Å². The van der Waals surface area contributed by atoms with Crippen molar-refractivity contribution < 1.29 is 22.0 Å². The molecule has 0 radical (unpaired) electrons. The molecule has 0 aromatic heterocycles. The highest BCUT2D eigenvalue weighted by Gasteiger charge is 1.89. The number of halogens is 1. The normalized spacial score (nSPS) is 9.83. The second kappa shape index (κ2) is 4.68. The molecule has 12 heavy (non-hydrogen) atoms. The van der Waals surface area contributed by atoms with Crippen LogP contribution in [-0.2, 0) is 10.5 Å². The molecule has 0 atom stereocenters. The first-order chi connectivity index (χ1) is 5.39. The van der Waals surface area contributed by atoms with Gasteiger partial charge in [-0.3, -0.25) is 4.55 Å². The molecule has 0 bridgehead atoms. The topological polar surface area (TPSA) is 74.6 Å². The van der Waals surface area contributed by atoms with Crippen LogP contribution in [0.5, 0.6) is 5.75 Å². The van der Waals surface area contributed by atoms with Gasteiger partial charge in [0.15, 0.2) is 0 Å². The average Bonchev–Trinajstić information content (AvgIpc) is 1.85. The second-order valence-corrected chi connectivity index (χ2v) is 2.57. The van der Waals surface area contributed by atoms with E-state index in [1.54, 1.807) is 24.3 Å². The van der Waals surface area contributed by atoms with Crippen molar-refractivity contribution in [1.29, 1.82) is 0 Å². The van der Waals surface area contributed by atoms with Crippen molar-refractivity contribution in [3.05, 3.63) is 30.3 Å². The van der Waals surface area contributed by atoms with E-state index in [9.17, 15) is 3.89 Å². The predicted octanol–water partition coefficient (Wildman–Crippen LogP) is 1.15. The van der Waals surface area contributed by atoms with Crippen LogP contribution in [-0.4, -0.2) is 18.1 Å². The van der Waals surface area contributed by atoms with Crippen molar-refractivity contribution in [3.8, 4) is 5.75 Å². The van der Waals surface area contributed by atoms with E-state index >= 15 is 0 Å². The minimum absolute atomic E-state index is 0.322. The molecule has 1 aromatic carbocycles. The smallest absolute Gasteiger partial charge is 0.435 e. The maximum absolute atomic E-state index is 10.2. The van der Waals surface area contributed by atoms with Gasteiger partial charge < -0.3 is 5.11 Å². The number of hydrogen-bond donors (Lipinski definition) is 2. The predicted molar refractivity (Wildman–Crippen MR) is 40.8 cm³/mol. The summed E-state index contributed by atoms with van der Waals surface area (Å²) in [6.07, 6.45) is 0. The summed E-state index contributed by atoms with van der Waals surface area (Å²) in [5, 5.41) is 8.63. The molecule has 0 fully saturated rings. The molecule has 6 heteroatoms. The van der Waals surface area contributed by atoms with E-state index in [0.717, 1.165) is 0 Å². The van der Waals surface area contributed by atoms with E-state index in [0.29, 0.717) is 5.75 Å². The van der Waals surface area contributed by atoms with Crippen LogP contribution in [0.3, 0.4) is 0 Å². The molecule has 1 aromatic rings. The van der Waals surface area contributed by atoms with Gasteiger partial charge in [-0.2, -0.15) is 8.42 Å². The zero-order valence-corrected chi connectivity index (χ0v) is 6.70. The van der Waals surface area contributed by atoms with Gasteiger partial charge in [0, 0.05) is 0 Å². The lowest BCUT2D eigenvalue weighted by Gasteiger charge is -1.82. The maximum Gasteiger partial charge on any atom is 0.435 e. The Kier molecular flexibility index (Phi) is 4.24. The Morgan fingerprint density at radius 3 is 1.67 bits per heavy atom. The molecule has 0 amide bonds. The van der Waals surface area contributed by atoms with Crippen LogP contribution in [0.15, 0.2) is 30.3 Å². The number of rotatable bonds is 0. The number of para-hydroxylation sites is 1. The third kappa shape index (κ3) is 11.6. The van der Waals surface area contributed by atoms with E-state index in [1.807, 2.05) is 6.07 Å². The zero-order valence-electron chi connectivity index (χ0n) is 5.88. The molecule has 0 saturated heterocycles. The Balaban J connectivity index is 0.000000217. The maximum atomic E-state index is 10.2. The third-order valence-electron chi connectivity index (χ3n) is 0.756. The summed E-state index contributed by atoms with van der Waals surface area (Å²) >= 11 is 0. The minimum atomic E-state index is -5.17. The molecular formula is C6H7FO4S. The fourth-order valence-corrected chi connectivity index (χ4v) is 0.428. The number of benzene rings is 1. The Bertz CT molecular complexity index is 300. The number of phenols is 1. The first-order valence-corrected chi connectivity index (χ1v) is 4.14. The minimum Gasteiger partial charge on any atom is -0.508 e. The molecule has 0 heterocycles. The summed E-state index contributed by atoms with van der Waals surface area (Å²) in [6.45, 7) is 0. The fraction of sp³-hybridized carbons (Fsp3) is 0. The molecule has 0 aliphatic carbocycles. The molecule has 0 spiro atoms. The van der Waals surface area contributed by atoms with Crippen molar-refractivity contribution in [1.82, 2.24) is 0 Å². The highest BCUT2D eigenvalue weighted by molar-refractivity contribution is 7.80. The summed E-state index contributed by atoms with van der Waals surface area (Å²) < 4.78 is 34.1. The van der Waals surface area contributed by atoms with Gasteiger partial charge in [0.1, 0.15) is 5.75 Å². The van der Waals surface area contributed by atoms with Crippen LogP contribution in [0.2, 0.25) is 0 Å². The Morgan fingerprint density at radius 1 is 1.17 bits per heavy atom. The lowest BCUT2D eigenvalue weighted by molar-refractivity contribution is 0.435. The van der Waals surface area contributed by atoms with Crippen molar-refractivity contribution in [2.45, 2.75) is 0 Å². The Morgan fingerprint density at radius 2 is 1.50 bits per heavy atom. The standard InChI is InChI=1S/C6H6O.FHO3S/c7-6-4-2-1-3-5-6;1-5(2,3)4/h1-5,7H;(H,2,3,4). The van der Waals surface area contributed by atoms with Gasteiger partial charge in [-0.05, 0) is 12.1 Å². The van der Waals surface area contributed by atoms with E-state index in [-0.39, 0.29) is 0 Å². The van der Waals surface area contributed by atoms with Crippen LogP contribution in [0.25, 0.3) is 0 Å². The van der Waals surface area contributed by atoms with Gasteiger partial charge >= 0.3 is 10.5 Å². The zero-order chi connectivity index (χ0) is 9.61. The number of aromatic hydroxyl groups is 1. The van der Waals surface area contributed by atoms with Crippen LogP contribution in [0, 0.1) is 0 Å². The third-order valence-corrected chi connectivity index (χ3v) is 0.756. The van der Waals surface area contributed by atoms with Crippen LogP contribution < -0.4 is 0 Å². The molecule has 2 N–H and O–H groups in total. The summed E-state index contributed by atoms with van der Waals surface area (Å²) in [4.78, 5) is 0. The molecule has 1 rings (SSSR count). The first-order valence-electron chi connectivity index (χ1n) is 2.80. The lowest BCUT2D eigenvalue weighted by atomic mass is 10.3. The van der Waals surface area contributed by atoms with Gasteiger partial charge in [0.25, 0.3) is 0 Å². The van der Waals surface area contributed by atoms with Crippen LogP contribution in [0.1, 0.15) is 0 Å². The number of phenolic OH excluding ortho intramolecular Hbond substituents is 1. The van der Waals surface area contributed by atoms with Gasteiger partial charge in [0.2, 0.25) is 0 Å². The molecule has 4 nitrogen and oxygen atoms in total. The highest BCUT2D eigenvalue weighted by atomic mass is 32.3. The van der Waals surface area contributed by atoms with Gasteiger partial charge in [-0.15, -0.1) is 0 Å². The number of hydrogen-bond acceptors (Lipinski definition) is 3. The van der Waals surface area contributed by atoms with Crippen LogP contribution >= 0.6 is 0 Å².